The monoisotopic (exact) mass is 358 g/mol. The number of halogens is 3. The van der Waals surface area contributed by atoms with Gasteiger partial charge in [0.2, 0.25) is 0 Å². The number of hydrogen-bond acceptors (Lipinski definition) is 3. The Hall–Kier alpha value is -2.99. The molecule has 0 heterocycles. The van der Waals surface area contributed by atoms with Gasteiger partial charge in [-0.2, -0.15) is 0 Å². The van der Waals surface area contributed by atoms with Gasteiger partial charge in [0, 0.05) is 18.3 Å². The maximum absolute atomic E-state index is 14.1. The van der Waals surface area contributed by atoms with Crippen LogP contribution >= 0.6 is 0 Å². The molecule has 0 saturated carbocycles. The first-order valence-electron chi connectivity index (χ1n) is 8.00. The molecule has 0 fully saturated rings. The predicted molar refractivity (Wildman–Crippen MR) is 94.0 cm³/mol. The fourth-order valence-electron chi connectivity index (χ4n) is 2.40. The Morgan fingerprint density at radius 1 is 0.769 bits per heavy atom. The van der Waals surface area contributed by atoms with Crippen molar-refractivity contribution in [3.8, 4) is 5.75 Å². The van der Waals surface area contributed by atoms with Crippen molar-refractivity contribution in [3.05, 3.63) is 95.3 Å². The molecule has 2 N–H and O–H groups in total. The molecule has 6 heteroatoms. The summed E-state index contributed by atoms with van der Waals surface area (Å²) < 4.78 is 45.7. The smallest absolute Gasteiger partial charge is 0.165 e. The van der Waals surface area contributed by atoms with E-state index in [4.69, 9.17) is 4.74 Å². The molecule has 3 rings (SSSR count). The summed E-state index contributed by atoms with van der Waals surface area (Å²) in [6.45, 7) is 0.278. The van der Waals surface area contributed by atoms with Crippen LogP contribution in [0.15, 0.2) is 66.7 Å². The molecule has 0 aromatic heterocycles. The van der Waals surface area contributed by atoms with Crippen molar-refractivity contribution in [2.75, 3.05) is 5.43 Å². The van der Waals surface area contributed by atoms with Crippen molar-refractivity contribution in [1.82, 2.24) is 5.43 Å². The second-order valence-corrected chi connectivity index (χ2v) is 5.68. The van der Waals surface area contributed by atoms with Gasteiger partial charge >= 0.3 is 0 Å². The highest BCUT2D eigenvalue weighted by Gasteiger charge is 2.07. The zero-order chi connectivity index (χ0) is 18.4. The molecular weight excluding hydrogens is 341 g/mol. The molecular formula is C20H17F3N2O. The molecule has 0 aliphatic carbocycles. The molecule has 134 valence electrons. The van der Waals surface area contributed by atoms with Crippen molar-refractivity contribution in [2.24, 2.45) is 0 Å². The van der Waals surface area contributed by atoms with Crippen molar-refractivity contribution >= 4 is 5.69 Å². The average Bonchev–Trinajstić information content (AvgIpc) is 2.61. The Bertz CT molecular complexity index is 852. The third-order valence-corrected chi connectivity index (χ3v) is 3.61. The van der Waals surface area contributed by atoms with Gasteiger partial charge in [-0.1, -0.05) is 24.3 Å². The zero-order valence-electron chi connectivity index (χ0n) is 13.8. The van der Waals surface area contributed by atoms with E-state index in [0.29, 0.717) is 12.1 Å². The predicted octanol–water partition coefficient (Wildman–Crippen LogP) is 4.80. The van der Waals surface area contributed by atoms with E-state index < -0.39 is 17.5 Å². The Morgan fingerprint density at radius 2 is 1.50 bits per heavy atom. The fourth-order valence-corrected chi connectivity index (χ4v) is 2.40. The normalized spacial score (nSPS) is 10.6. The van der Waals surface area contributed by atoms with Gasteiger partial charge in [0.25, 0.3) is 0 Å². The summed E-state index contributed by atoms with van der Waals surface area (Å²) in [5.74, 6) is -1.91. The number of anilines is 1. The van der Waals surface area contributed by atoms with Crippen LogP contribution in [-0.4, -0.2) is 0 Å². The van der Waals surface area contributed by atoms with E-state index in [1.165, 1.54) is 12.1 Å². The van der Waals surface area contributed by atoms with Crippen molar-refractivity contribution < 1.29 is 17.9 Å². The van der Waals surface area contributed by atoms with Gasteiger partial charge in [-0.25, -0.2) is 18.6 Å². The number of para-hydroxylation sites is 1. The van der Waals surface area contributed by atoms with Gasteiger partial charge in [-0.15, -0.1) is 0 Å². The maximum Gasteiger partial charge on any atom is 0.165 e. The van der Waals surface area contributed by atoms with E-state index in [1.807, 2.05) is 30.3 Å². The minimum Gasteiger partial charge on any atom is -0.486 e. The Kier molecular flexibility index (Phi) is 5.76. The molecule has 0 atom stereocenters. The first-order chi connectivity index (χ1) is 12.6. The molecule has 0 unspecified atom stereocenters. The lowest BCUT2D eigenvalue weighted by molar-refractivity contribution is 0.289. The van der Waals surface area contributed by atoms with E-state index in [1.54, 1.807) is 6.07 Å². The highest BCUT2D eigenvalue weighted by atomic mass is 19.1. The van der Waals surface area contributed by atoms with Crippen LogP contribution in [-0.2, 0) is 13.2 Å². The Morgan fingerprint density at radius 3 is 2.19 bits per heavy atom. The van der Waals surface area contributed by atoms with Gasteiger partial charge in [0.1, 0.15) is 18.2 Å². The minimum atomic E-state index is -0.698. The van der Waals surface area contributed by atoms with Gasteiger partial charge in [0.15, 0.2) is 11.6 Å². The maximum atomic E-state index is 14.1. The lowest BCUT2D eigenvalue weighted by Crippen LogP contribution is -2.20. The minimum absolute atomic E-state index is 0.0226. The molecule has 0 saturated heterocycles. The summed E-state index contributed by atoms with van der Waals surface area (Å²) in [6.07, 6.45) is 0. The number of ether oxygens (including phenoxy) is 1. The van der Waals surface area contributed by atoms with E-state index >= 15 is 0 Å². The second kappa shape index (κ2) is 8.40. The molecule has 0 amide bonds. The molecule has 3 nitrogen and oxygen atoms in total. The van der Waals surface area contributed by atoms with E-state index in [2.05, 4.69) is 10.9 Å². The van der Waals surface area contributed by atoms with E-state index in [-0.39, 0.29) is 12.4 Å². The summed E-state index contributed by atoms with van der Waals surface area (Å²) in [5, 5.41) is 0. The molecule has 26 heavy (non-hydrogen) atoms. The first-order valence-corrected chi connectivity index (χ1v) is 8.00. The van der Waals surface area contributed by atoms with Crippen LogP contribution in [0.2, 0.25) is 0 Å². The van der Waals surface area contributed by atoms with Gasteiger partial charge in [-0.05, 0) is 47.5 Å². The molecule has 0 bridgehead atoms. The van der Waals surface area contributed by atoms with Crippen LogP contribution < -0.4 is 15.6 Å². The standard InChI is InChI=1S/C20H17F3N2O/c21-16-8-15(9-17(22)11-16)13-26-20-7-6-14(10-19(20)23)12-24-25-18-4-2-1-3-5-18/h1-11,24-25H,12-13H2. The molecule has 0 radical (unpaired) electrons. The van der Waals surface area contributed by atoms with Crippen molar-refractivity contribution in [3.63, 3.8) is 0 Å². The average molecular weight is 358 g/mol. The quantitative estimate of drug-likeness (QED) is 0.595. The summed E-state index contributed by atoms with van der Waals surface area (Å²) in [6, 6.07) is 17.1. The van der Waals surface area contributed by atoms with Crippen LogP contribution in [0.1, 0.15) is 11.1 Å². The second-order valence-electron chi connectivity index (χ2n) is 5.68. The first kappa shape index (κ1) is 17.8. The lowest BCUT2D eigenvalue weighted by Gasteiger charge is -2.11. The summed E-state index contributed by atoms with van der Waals surface area (Å²) in [4.78, 5) is 0. The SMILES string of the molecule is Fc1cc(F)cc(COc2ccc(CNNc3ccccc3)cc2F)c1. The van der Waals surface area contributed by atoms with Crippen molar-refractivity contribution in [1.29, 1.82) is 0 Å². The third kappa shape index (κ3) is 5.00. The van der Waals surface area contributed by atoms with E-state index in [0.717, 1.165) is 29.4 Å². The lowest BCUT2D eigenvalue weighted by atomic mass is 10.2. The largest absolute Gasteiger partial charge is 0.486 e. The van der Waals surface area contributed by atoms with Crippen molar-refractivity contribution in [2.45, 2.75) is 13.2 Å². The van der Waals surface area contributed by atoms with Crippen LogP contribution in [0, 0.1) is 17.5 Å². The van der Waals surface area contributed by atoms with Crippen LogP contribution in [0.5, 0.6) is 5.75 Å². The van der Waals surface area contributed by atoms with Gasteiger partial charge < -0.3 is 10.2 Å². The summed E-state index contributed by atoms with van der Waals surface area (Å²) >= 11 is 0. The third-order valence-electron chi connectivity index (χ3n) is 3.61. The highest BCUT2D eigenvalue weighted by molar-refractivity contribution is 5.41. The summed E-state index contributed by atoms with van der Waals surface area (Å²) in [5.41, 5.74) is 7.91. The van der Waals surface area contributed by atoms with E-state index in [9.17, 15) is 13.2 Å². The number of nitrogens with one attached hydrogen (secondary N) is 2. The number of benzene rings is 3. The van der Waals surface area contributed by atoms with Gasteiger partial charge in [-0.3, -0.25) is 0 Å². The Labute approximate surface area is 149 Å². The molecule has 3 aromatic carbocycles. The van der Waals surface area contributed by atoms with Crippen LogP contribution in [0.25, 0.3) is 0 Å². The number of hydrazine groups is 1. The van der Waals surface area contributed by atoms with Crippen LogP contribution in [0.4, 0.5) is 18.9 Å². The zero-order valence-corrected chi connectivity index (χ0v) is 13.8. The van der Waals surface area contributed by atoms with Crippen LogP contribution in [0.3, 0.4) is 0 Å². The molecule has 3 aromatic rings. The fraction of sp³-hybridized carbons (Fsp3) is 0.100. The molecule has 0 aliphatic heterocycles. The topological polar surface area (TPSA) is 33.3 Å². The van der Waals surface area contributed by atoms with Gasteiger partial charge in [0.05, 0.1) is 0 Å². The number of rotatable bonds is 7. The highest BCUT2D eigenvalue weighted by Crippen LogP contribution is 2.20. The molecule has 0 spiro atoms. The molecule has 0 aliphatic rings. The Balaban J connectivity index is 1.55. The number of hydrogen-bond donors (Lipinski definition) is 2. The summed E-state index contributed by atoms with van der Waals surface area (Å²) in [7, 11) is 0.